The molecule has 0 saturated heterocycles. The molecule has 0 spiro atoms. The Balaban J connectivity index is 2.90. The molecule has 4 nitrogen and oxygen atoms in total. The van der Waals surface area contributed by atoms with E-state index in [0.29, 0.717) is 12.5 Å². The van der Waals surface area contributed by atoms with Crippen LogP contribution in [0.2, 0.25) is 0 Å². The molecule has 0 aliphatic rings. The lowest BCUT2D eigenvalue weighted by Gasteiger charge is -2.22. The number of halogens is 1. The van der Waals surface area contributed by atoms with E-state index in [9.17, 15) is 0 Å². The minimum Gasteiger partial charge on any atom is -0.383 e. The van der Waals surface area contributed by atoms with Crippen LogP contribution in [0.4, 0.5) is 0 Å². The molecule has 1 unspecified atom stereocenters. The molecule has 1 heterocycles. The average Bonchev–Trinajstić information content (AvgIpc) is 2.69. The van der Waals surface area contributed by atoms with Gasteiger partial charge < -0.3 is 10.5 Å². The van der Waals surface area contributed by atoms with Crippen molar-refractivity contribution in [2.24, 2.45) is 11.7 Å². The first-order chi connectivity index (χ1) is 8.15. The van der Waals surface area contributed by atoms with E-state index >= 15 is 0 Å². The van der Waals surface area contributed by atoms with Crippen molar-refractivity contribution < 1.29 is 4.74 Å². The van der Waals surface area contributed by atoms with Gasteiger partial charge in [-0.15, -0.1) is 0 Å². The van der Waals surface area contributed by atoms with E-state index in [1.165, 1.54) is 0 Å². The smallest absolute Gasteiger partial charge is 0.0697 e. The van der Waals surface area contributed by atoms with Gasteiger partial charge in [-0.25, -0.2) is 0 Å². The van der Waals surface area contributed by atoms with Gasteiger partial charge in [-0.3, -0.25) is 4.68 Å². The molecule has 5 heteroatoms. The lowest BCUT2D eigenvalue weighted by Crippen LogP contribution is -2.25. The number of hydrogen-bond acceptors (Lipinski definition) is 3. The summed E-state index contributed by atoms with van der Waals surface area (Å²) in [6, 6.07) is 0.0266. The molecular weight excluding hydrogens is 282 g/mol. The Morgan fingerprint density at radius 2 is 2.12 bits per heavy atom. The third-order valence-electron chi connectivity index (χ3n) is 3.21. The number of ether oxygens (including phenoxy) is 1. The molecule has 0 aromatic carbocycles. The van der Waals surface area contributed by atoms with E-state index in [1.54, 1.807) is 7.11 Å². The van der Waals surface area contributed by atoms with E-state index in [2.05, 4.69) is 34.9 Å². The summed E-state index contributed by atoms with van der Waals surface area (Å²) in [5.41, 5.74) is 7.43. The second-order valence-corrected chi connectivity index (χ2v) is 5.05. The molecule has 1 atom stereocenters. The van der Waals surface area contributed by atoms with Crippen molar-refractivity contribution in [1.82, 2.24) is 9.78 Å². The van der Waals surface area contributed by atoms with Gasteiger partial charge in [-0.1, -0.05) is 26.7 Å². The molecule has 0 radical (unpaired) electrons. The monoisotopic (exact) mass is 303 g/mol. The maximum absolute atomic E-state index is 6.35. The van der Waals surface area contributed by atoms with Gasteiger partial charge in [0.05, 0.1) is 35.6 Å². The van der Waals surface area contributed by atoms with Crippen LogP contribution in [-0.4, -0.2) is 23.5 Å². The predicted octanol–water partition coefficient (Wildman–Crippen LogP) is 2.73. The highest BCUT2D eigenvalue weighted by Crippen LogP contribution is 2.30. The molecule has 0 bridgehead atoms. The van der Waals surface area contributed by atoms with E-state index in [4.69, 9.17) is 10.5 Å². The Labute approximate surface area is 112 Å². The zero-order valence-electron chi connectivity index (χ0n) is 10.8. The van der Waals surface area contributed by atoms with Crippen LogP contribution in [0.5, 0.6) is 0 Å². The summed E-state index contributed by atoms with van der Waals surface area (Å²) in [6.45, 7) is 5.75. The number of methoxy groups -OCH3 is 1. The van der Waals surface area contributed by atoms with Crippen LogP contribution in [0, 0.1) is 5.92 Å². The number of nitrogens with two attached hydrogens (primary N) is 1. The molecule has 0 aliphatic carbocycles. The summed E-state index contributed by atoms with van der Waals surface area (Å²) >= 11 is 3.53. The molecule has 0 fully saturated rings. The van der Waals surface area contributed by atoms with E-state index in [1.807, 2.05) is 10.9 Å². The largest absolute Gasteiger partial charge is 0.383 e. The zero-order valence-corrected chi connectivity index (χ0v) is 12.4. The van der Waals surface area contributed by atoms with Crippen molar-refractivity contribution in [3.8, 4) is 0 Å². The third-order valence-corrected chi connectivity index (χ3v) is 3.82. The van der Waals surface area contributed by atoms with Gasteiger partial charge in [-0.2, -0.15) is 5.10 Å². The van der Waals surface area contributed by atoms with Gasteiger partial charge in [0.15, 0.2) is 0 Å². The van der Waals surface area contributed by atoms with E-state index in [-0.39, 0.29) is 6.04 Å². The van der Waals surface area contributed by atoms with Gasteiger partial charge in [0.2, 0.25) is 0 Å². The van der Waals surface area contributed by atoms with Crippen molar-refractivity contribution in [3.05, 3.63) is 16.4 Å². The third kappa shape index (κ3) is 3.53. The zero-order chi connectivity index (χ0) is 12.8. The van der Waals surface area contributed by atoms with Crippen molar-refractivity contribution in [1.29, 1.82) is 0 Å². The summed E-state index contributed by atoms with van der Waals surface area (Å²) in [5, 5.41) is 4.34. The minimum atomic E-state index is 0.0266. The molecule has 17 heavy (non-hydrogen) atoms. The van der Waals surface area contributed by atoms with Crippen LogP contribution in [0.15, 0.2) is 10.7 Å². The van der Waals surface area contributed by atoms with E-state index < -0.39 is 0 Å². The fourth-order valence-corrected chi connectivity index (χ4v) is 2.64. The van der Waals surface area contributed by atoms with Crippen molar-refractivity contribution in [2.45, 2.75) is 39.3 Å². The highest BCUT2D eigenvalue weighted by Gasteiger charge is 2.22. The second-order valence-electron chi connectivity index (χ2n) is 4.20. The predicted molar refractivity (Wildman–Crippen MR) is 72.8 cm³/mol. The van der Waals surface area contributed by atoms with Crippen LogP contribution in [-0.2, 0) is 11.3 Å². The van der Waals surface area contributed by atoms with Crippen LogP contribution >= 0.6 is 15.9 Å². The molecule has 98 valence electrons. The number of rotatable bonds is 7. The molecule has 1 rings (SSSR count). The van der Waals surface area contributed by atoms with Crippen molar-refractivity contribution in [3.63, 3.8) is 0 Å². The fourth-order valence-electron chi connectivity index (χ4n) is 2.08. The second kappa shape index (κ2) is 7.13. The summed E-state index contributed by atoms with van der Waals surface area (Å²) in [6.07, 6.45) is 3.98. The normalized spacial score (nSPS) is 13.3. The van der Waals surface area contributed by atoms with Crippen LogP contribution < -0.4 is 5.73 Å². The van der Waals surface area contributed by atoms with Gasteiger partial charge in [0.1, 0.15) is 0 Å². The molecule has 1 aromatic heterocycles. The van der Waals surface area contributed by atoms with Crippen LogP contribution in [0.3, 0.4) is 0 Å². The molecule has 0 amide bonds. The Morgan fingerprint density at radius 3 is 2.65 bits per heavy atom. The Hall–Kier alpha value is -0.390. The first kappa shape index (κ1) is 14.7. The maximum atomic E-state index is 6.35. The highest BCUT2D eigenvalue weighted by atomic mass is 79.9. The van der Waals surface area contributed by atoms with Crippen molar-refractivity contribution >= 4 is 15.9 Å². The molecule has 0 aliphatic heterocycles. The van der Waals surface area contributed by atoms with Gasteiger partial charge in [0.25, 0.3) is 0 Å². The molecular formula is C12H22BrN3O. The summed E-state index contributed by atoms with van der Waals surface area (Å²) < 4.78 is 8.02. The lowest BCUT2D eigenvalue weighted by atomic mass is 9.92. The number of aromatic nitrogens is 2. The quantitative estimate of drug-likeness (QED) is 0.842. The topological polar surface area (TPSA) is 53.1 Å². The van der Waals surface area contributed by atoms with Crippen molar-refractivity contribution in [2.75, 3.05) is 13.7 Å². The summed E-state index contributed by atoms with van der Waals surface area (Å²) in [5.74, 6) is 0.490. The Bertz CT molecular complexity index is 336. The Morgan fingerprint density at radius 1 is 1.47 bits per heavy atom. The highest BCUT2D eigenvalue weighted by molar-refractivity contribution is 9.10. The fraction of sp³-hybridized carbons (Fsp3) is 0.750. The van der Waals surface area contributed by atoms with Crippen LogP contribution in [0.1, 0.15) is 38.4 Å². The standard InChI is InChI=1S/C12H22BrN3O/c1-4-9(5-2)11(14)12-10(13)8-15-16(12)6-7-17-3/h8-9,11H,4-7,14H2,1-3H3. The molecule has 2 N–H and O–H groups in total. The number of hydrogen-bond donors (Lipinski definition) is 1. The average molecular weight is 304 g/mol. The lowest BCUT2D eigenvalue weighted by molar-refractivity contribution is 0.181. The summed E-state index contributed by atoms with van der Waals surface area (Å²) in [4.78, 5) is 0. The SMILES string of the molecule is CCC(CC)C(N)c1c(Br)cnn1CCOC. The van der Waals surface area contributed by atoms with Gasteiger partial charge in [0, 0.05) is 7.11 Å². The maximum Gasteiger partial charge on any atom is 0.0697 e. The molecule has 1 aromatic rings. The minimum absolute atomic E-state index is 0.0266. The van der Waals surface area contributed by atoms with Gasteiger partial charge in [-0.05, 0) is 21.8 Å². The first-order valence-electron chi connectivity index (χ1n) is 6.11. The number of nitrogens with zero attached hydrogens (tertiary/aromatic N) is 2. The van der Waals surface area contributed by atoms with Gasteiger partial charge >= 0.3 is 0 Å². The Kier molecular flexibility index (Phi) is 6.16. The van der Waals surface area contributed by atoms with E-state index in [0.717, 1.165) is 29.6 Å². The first-order valence-corrected chi connectivity index (χ1v) is 6.90. The summed E-state index contributed by atoms with van der Waals surface area (Å²) in [7, 11) is 1.69. The molecule has 0 saturated carbocycles. The van der Waals surface area contributed by atoms with Crippen LogP contribution in [0.25, 0.3) is 0 Å².